The van der Waals surface area contributed by atoms with Crippen LogP contribution in [0.4, 0.5) is 0 Å². The van der Waals surface area contributed by atoms with Gasteiger partial charge in [0.05, 0.1) is 0 Å². The number of alkyl halides is 1. The minimum atomic E-state index is -0.374. The minimum Gasteiger partial charge on any atom is -0.366 e. The second-order valence-electron chi connectivity index (χ2n) is 2.71. The maximum absolute atomic E-state index is 10.8. The Morgan fingerprint density at radius 2 is 2.17 bits per heavy atom. The van der Waals surface area contributed by atoms with Crippen molar-refractivity contribution in [1.82, 2.24) is 0 Å². The molecule has 2 N–H and O–H groups in total. The van der Waals surface area contributed by atoms with E-state index in [1.807, 2.05) is 13.0 Å². The van der Waals surface area contributed by atoms with Crippen LogP contribution in [0.15, 0.2) is 18.2 Å². The summed E-state index contributed by atoms with van der Waals surface area (Å²) in [5.41, 5.74) is 7.85. The Bertz CT molecular complexity index is 309. The third-order valence-electron chi connectivity index (χ3n) is 1.58. The maximum Gasteiger partial charge on any atom is 0.248 e. The first-order chi connectivity index (χ1) is 5.63. The minimum absolute atomic E-state index is 0.374. The van der Waals surface area contributed by atoms with E-state index in [1.54, 1.807) is 12.1 Å². The van der Waals surface area contributed by atoms with Gasteiger partial charge >= 0.3 is 0 Å². The molecule has 12 heavy (non-hydrogen) atoms. The Hall–Kier alpha value is -0.830. The molecule has 1 aromatic rings. The molecule has 0 aliphatic carbocycles. The predicted molar refractivity (Wildman–Crippen MR) is 52.3 cm³/mol. The first-order valence-electron chi connectivity index (χ1n) is 3.60. The van der Waals surface area contributed by atoms with Crippen LogP contribution in [0, 0.1) is 6.92 Å². The number of amides is 1. The Balaban J connectivity index is 3.15. The van der Waals surface area contributed by atoms with E-state index in [0.29, 0.717) is 5.56 Å². The van der Waals surface area contributed by atoms with Gasteiger partial charge in [-0.2, -0.15) is 0 Å². The van der Waals surface area contributed by atoms with Crippen molar-refractivity contribution >= 4 is 21.8 Å². The number of carbonyl (C=O) groups excluding carboxylic acids is 1. The lowest BCUT2D eigenvalue weighted by atomic mass is 10.1. The summed E-state index contributed by atoms with van der Waals surface area (Å²) in [6, 6.07) is 5.60. The standard InChI is InChI=1S/C9H10BrNO/c1-6-2-7(5-10)4-8(3-6)9(11)12/h2-4H,5H2,1H3,(H2,11,12). The molecule has 1 amide bonds. The topological polar surface area (TPSA) is 43.1 Å². The number of nitrogens with two attached hydrogens (primary N) is 1. The van der Waals surface area contributed by atoms with Crippen LogP contribution in [0.5, 0.6) is 0 Å². The monoisotopic (exact) mass is 227 g/mol. The fourth-order valence-electron chi connectivity index (χ4n) is 1.08. The van der Waals surface area contributed by atoms with Crippen molar-refractivity contribution in [3.63, 3.8) is 0 Å². The van der Waals surface area contributed by atoms with Crippen LogP contribution in [0.3, 0.4) is 0 Å². The van der Waals surface area contributed by atoms with Gasteiger partial charge < -0.3 is 5.73 Å². The number of hydrogen-bond donors (Lipinski definition) is 1. The summed E-state index contributed by atoms with van der Waals surface area (Å²) in [5, 5.41) is 0.745. The van der Waals surface area contributed by atoms with Crippen LogP contribution in [0.25, 0.3) is 0 Å². The zero-order valence-electron chi connectivity index (χ0n) is 6.80. The van der Waals surface area contributed by atoms with Crippen LogP contribution >= 0.6 is 15.9 Å². The quantitative estimate of drug-likeness (QED) is 0.773. The molecule has 0 aliphatic rings. The molecule has 64 valence electrons. The first-order valence-corrected chi connectivity index (χ1v) is 4.72. The lowest BCUT2D eigenvalue weighted by molar-refractivity contribution is 0.1000. The first kappa shape index (κ1) is 9.26. The molecule has 1 aromatic carbocycles. The SMILES string of the molecule is Cc1cc(CBr)cc(C(N)=O)c1. The molecule has 3 heteroatoms. The van der Waals surface area contributed by atoms with E-state index in [9.17, 15) is 4.79 Å². The van der Waals surface area contributed by atoms with E-state index in [0.717, 1.165) is 16.5 Å². The predicted octanol–water partition coefficient (Wildman–Crippen LogP) is 1.99. The van der Waals surface area contributed by atoms with Gasteiger partial charge in [-0.1, -0.05) is 27.6 Å². The summed E-state index contributed by atoms with van der Waals surface area (Å²) in [6.45, 7) is 1.94. The Morgan fingerprint density at radius 3 is 2.67 bits per heavy atom. The van der Waals surface area contributed by atoms with E-state index in [-0.39, 0.29) is 5.91 Å². The molecule has 0 aliphatic heterocycles. The lowest BCUT2D eigenvalue weighted by Gasteiger charge is -2.01. The number of aryl methyl sites for hydroxylation is 1. The van der Waals surface area contributed by atoms with E-state index >= 15 is 0 Å². The normalized spacial score (nSPS) is 9.83. The third kappa shape index (κ3) is 2.08. The van der Waals surface area contributed by atoms with Crippen molar-refractivity contribution in [3.05, 3.63) is 34.9 Å². The number of hydrogen-bond acceptors (Lipinski definition) is 1. The fourth-order valence-corrected chi connectivity index (χ4v) is 1.41. The van der Waals surface area contributed by atoms with Crippen molar-refractivity contribution in [2.45, 2.75) is 12.3 Å². The van der Waals surface area contributed by atoms with Crippen molar-refractivity contribution in [3.8, 4) is 0 Å². The average molecular weight is 228 g/mol. The number of benzene rings is 1. The summed E-state index contributed by atoms with van der Waals surface area (Å²) in [5.74, 6) is -0.374. The molecule has 0 atom stereocenters. The molecule has 0 fully saturated rings. The largest absolute Gasteiger partial charge is 0.366 e. The molecule has 0 bridgehead atoms. The molecule has 0 aromatic heterocycles. The zero-order chi connectivity index (χ0) is 9.14. The van der Waals surface area contributed by atoms with Gasteiger partial charge in [0.25, 0.3) is 0 Å². The van der Waals surface area contributed by atoms with Gasteiger partial charge in [-0.25, -0.2) is 0 Å². The van der Waals surface area contributed by atoms with Crippen molar-refractivity contribution in [2.24, 2.45) is 5.73 Å². The number of halogens is 1. The number of primary amides is 1. The van der Waals surface area contributed by atoms with Crippen LogP contribution < -0.4 is 5.73 Å². The summed E-state index contributed by atoms with van der Waals surface area (Å²) >= 11 is 3.32. The van der Waals surface area contributed by atoms with Gasteiger partial charge in [-0.15, -0.1) is 0 Å². The van der Waals surface area contributed by atoms with Gasteiger partial charge in [0.2, 0.25) is 5.91 Å². The van der Waals surface area contributed by atoms with E-state index < -0.39 is 0 Å². The van der Waals surface area contributed by atoms with Gasteiger partial charge in [0, 0.05) is 10.9 Å². The smallest absolute Gasteiger partial charge is 0.248 e. The second-order valence-corrected chi connectivity index (χ2v) is 3.27. The highest BCUT2D eigenvalue weighted by atomic mass is 79.9. The molecule has 0 unspecified atom stereocenters. The van der Waals surface area contributed by atoms with Gasteiger partial charge in [-0.05, 0) is 24.6 Å². The summed E-state index contributed by atoms with van der Waals surface area (Å²) < 4.78 is 0. The summed E-state index contributed by atoms with van der Waals surface area (Å²) in [7, 11) is 0. The molecule has 0 radical (unpaired) electrons. The van der Waals surface area contributed by atoms with Crippen LogP contribution in [0.1, 0.15) is 21.5 Å². The fraction of sp³-hybridized carbons (Fsp3) is 0.222. The van der Waals surface area contributed by atoms with E-state index in [2.05, 4.69) is 15.9 Å². The summed E-state index contributed by atoms with van der Waals surface area (Å²) in [6.07, 6.45) is 0. The van der Waals surface area contributed by atoms with Crippen molar-refractivity contribution in [2.75, 3.05) is 0 Å². The molecule has 0 spiro atoms. The van der Waals surface area contributed by atoms with Gasteiger partial charge in [-0.3, -0.25) is 4.79 Å². The molecule has 0 saturated carbocycles. The Kier molecular flexibility index (Phi) is 2.87. The number of rotatable bonds is 2. The molecule has 0 heterocycles. The average Bonchev–Trinajstić information content (AvgIpc) is 2.03. The number of carbonyl (C=O) groups is 1. The van der Waals surface area contributed by atoms with Gasteiger partial charge in [0.15, 0.2) is 0 Å². The van der Waals surface area contributed by atoms with Crippen LogP contribution in [0.2, 0.25) is 0 Å². The van der Waals surface area contributed by atoms with Crippen molar-refractivity contribution in [1.29, 1.82) is 0 Å². The maximum atomic E-state index is 10.8. The molecular weight excluding hydrogens is 218 g/mol. The molecule has 1 rings (SSSR count). The second kappa shape index (κ2) is 3.72. The third-order valence-corrected chi connectivity index (χ3v) is 2.22. The Morgan fingerprint density at radius 1 is 1.50 bits per heavy atom. The zero-order valence-corrected chi connectivity index (χ0v) is 8.39. The highest BCUT2D eigenvalue weighted by Crippen LogP contribution is 2.11. The lowest BCUT2D eigenvalue weighted by Crippen LogP contribution is -2.11. The van der Waals surface area contributed by atoms with E-state index in [1.165, 1.54) is 0 Å². The van der Waals surface area contributed by atoms with E-state index in [4.69, 9.17) is 5.73 Å². The molecule has 2 nitrogen and oxygen atoms in total. The molecule has 0 saturated heterocycles. The van der Waals surface area contributed by atoms with Gasteiger partial charge in [0.1, 0.15) is 0 Å². The highest BCUT2D eigenvalue weighted by Gasteiger charge is 2.01. The summed E-state index contributed by atoms with van der Waals surface area (Å²) in [4.78, 5) is 10.8. The highest BCUT2D eigenvalue weighted by molar-refractivity contribution is 9.08. The van der Waals surface area contributed by atoms with Crippen LogP contribution in [-0.4, -0.2) is 5.91 Å². The van der Waals surface area contributed by atoms with Crippen molar-refractivity contribution < 1.29 is 4.79 Å². The van der Waals surface area contributed by atoms with Crippen LogP contribution in [-0.2, 0) is 5.33 Å². The Labute approximate surface area is 79.9 Å². The molecular formula is C9H10BrNO.